The third kappa shape index (κ3) is 2.17. The monoisotopic (exact) mass is 433 g/mol. The fraction of sp³-hybridized carbons (Fsp3) is 0.917. The van der Waals surface area contributed by atoms with Crippen LogP contribution in [0.5, 0.6) is 0 Å². The molecular formula is C24H35NO6. The van der Waals surface area contributed by atoms with E-state index < -0.39 is 17.6 Å². The molecule has 3 heterocycles. The third-order valence-corrected chi connectivity index (χ3v) is 10.4. The highest BCUT2D eigenvalue weighted by atomic mass is 16.6. The van der Waals surface area contributed by atoms with Gasteiger partial charge in [-0.05, 0) is 50.0 Å². The number of hydrogen-bond donors (Lipinski definition) is 1. The highest BCUT2D eigenvalue weighted by molar-refractivity contribution is 5.77. The van der Waals surface area contributed by atoms with Crippen molar-refractivity contribution in [1.82, 2.24) is 4.90 Å². The first-order valence-electron chi connectivity index (χ1n) is 12.1. The molecule has 0 aromatic heterocycles. The maximum absolute atomic E-state index is 13.3. The van der Waals surface area contributed by atoms with E-state index in [9.17, 15) is 14.7 Å². The number of aliphatic hydroxyl groups is 1. The minimum atomic E-state index is -1.21. The third-order valence-electron chi connectivity index (χ3n) is 10.4. The largest absolute Gasteiger partial charge is 0.462 e. The second-order valence-electron chi connectivity index (χ2n) is 11.4. The van der Waals surface area contributed by atoms with Gasteiger partial charge in [0.2, 0.25) is 0 Å². The molecule has 7 heteroatoms. The molecule has 0 radical (unpaired) electrons. The van der Waals surface area contributed by atoms with Gasteiger partial charge in [-0.3, -0.25) is 14.5 Å². The molecule has 4 aliphatic carbocycles. The minimum absolute atomic E-state index is 0.0167. The van der Waals surface area contributed by atoms with E-state index in [4.69, 9.17) is 14.2 Å². The van der Waals surface area contributed by atoms with Crippen molar-refractivity contribution in [1.29, 1.82) is 0 Å². The van der Waals surface area contributed by atoms with E-state index in [1.165, 1.54) is 6.92 Å². The summed E-state index contributed by atoms with van der Waals surface area (Å²) in [6.45, 7) is 7.79. The summed E-state index contributed by atoms with van der Waals surface area (Å²) >= 11 is 0. The van der Waals surface area contributed by atoms with Crippen LogP contribution in [-0.4, -0.2) is 72.1 Å². The molecule has 1 spiro atoms. The van der Waals surface area contributed by atoms with Crippen LogP contribution >= 0.6 is 0 Å². The van der Waals surface area contributed by atoms with E-state index in [2.05, 4.69) is 18.7 Å². The van der Waals surface area contributed by atoms with Gasteiger partial charge in [0, 0.05) is 43.9 Å². The summed E-state index contributed by atoms with van der Waals surface area (Å²) in [7, 11) is 1.79. The number of rotatable bonds is 3. The molecular weight excluding hydrogens is 398 g/mol. The zero-order chi connectivity index (χ0) is 21.9. The van der Waals surface area contributed by atoms with Gasteiger partial charge in [-0.15, -0.1) is 0 Å². The first-order chi connectivity index (χ1) is 14.7. The van der Waals surface area contributed by atoms with Crippen molar-refractivity contribution >= 4 is 11.9 Å². The number of carbonyl (C=O) groups is 2. The molecule has 9 bridgehead atoms. The Morgan fingerprint density at radius 2 is 2.10 bits per heavy atom. The van der Waals surface area contributed by atoms with Crippen LogP contribution in [0.1, 0.15) is 52.9 Å². The number of ether oxygens (including phenoxy) is 3. The Morgan fingerprint density at radius 3 is 2.77 bits per heavy atom. The van der Waals surface area contributed by atoms with Gasteiger partial charge in [-0.2, -0.15) is 0 Å². The maximum Gasteiger partial charge on any atom is 0.312 e. The van der Waals surface area contributed by atoms with Crippen molar-refractivity contribution in [2.45, 2.75) is 82.8 Å². The number of hydrogen-bond acceptors (Lipinski definition) is 7. The number of fused-ring (bicyclic) bond motifs is 2. The first kappa shape index (κ1) is 20.4. The van der Waals surface area contributed by atoms with Gasteiger partial charge in [-0.25, -0.2) is 0 Å². The second-order valence-corrected chi connectivity index (χ2v) is 11.4. The summed E-state index contributed by atoms with van der Waals surface area (Å²) in [4.78, 5) is 28.2. The Hall–Kier alpha value is -1.18. The lowest BCUT2D eigenvalue weighted by Crippen LogP contribution is -2.76. The van der Waals surface area contributed by atoms with E-state index in [-0.39, 0.29) is 58.8 Å². The van der Waals surface area contributed by atoms with Crippen molar-refractivity contribution in [3.63, 3.8) is 0 Å². The van der Waals surface area contributed by atoms with Crippen molar-refractivity contribution < 1.29 is 28.9 Å². The van der Waals surface area contributed by atoms with Gasteiger partial charge < -0.3 is 19.3 Å². The Kier molecular flexibility index (Phi) is 4.11. The molecule has 1 unspecified atom stereocenters. The summed E-state index contributed by atoms with van der Waals surface area (Å²) in [6, 6.07) is 0.0427. The van der Waals surface area contributed by atoms with Crippen LogP contribution in [0.2, 0.25) is 0 Å². The minimum Gasteiger partial charge on any atom is -0.462 e. The average molecular weight is 434 g/mol. The molecule has 4 saturated carbocycles. The number of piperidine rings is 1. The maximum atomic E-state index is 13.3. The molecule has 7 nitrogen and oxygen atoms in total. The van der Waals surface area contributed by atoms with Gasteiger partial charge in [-0.1, -0.05) is 13.8 Å². The van der Waals surface area contributed by atoms with E-state index in [1.807, 2.05) is 0 Å². The highest BCUT2D eigenvalue weighted by Crippen LogP contribution is 2.77. The molecule has 7 aliphatic rings. The molecule has 0 aromatic rings. The first-order valence-corrected chi connectivity index (χ1v) is 12.1. The van der Waals surface area contributed by atoms with E-state index in [0.717, 1.165) is 32.4 Å². The fourth-order valence-electron chi connectivity index (χ4n) is 9.93. The zero-order valence-electron chi connectivity index (χ0n) is 19.0. The molecule has 0 amide bonds. The number of nitrogens with zero attached hydrogens (tertiary/aromatic N) is 1. The molecule has 7 rings (SSSR count). The van der Waals surface area contributed by atoms with Crippen molar-refractivity contribution in [2.24, 2.45) is 34.5 Å². The van der Waals surface area contributed by atoms with Crippen LogP contribution < -0.4 is 0 Å². The molecule has 31 heavy (non-hydrogen) atoms. The van der Waals surface area contributed by atoms with Crippen LogP contribution in [-0.2, 0) is 23.8 Å². The molecule has 1 N–H and O–H groups in total. The standard InChI is InChI=1S/C24H35NO6/c1-5-25-11-22(3)8-7-15(29-4)24-14-10-13-6-9-23(28,16(14)21(27)31-13)17(20(24)25)18(19(22)24)30-12(2)26/h13-20,28H,5-11H2,1-4H3/t13-,14-,15+,16-,17+,18-,19-,20?,22+,23-,24+/m1/s1. The van der Waals surface area contributed by atoms with Gasteiger partial charge in [0.25, 0.3) is 0 Å². The Bertz CT molecular complexity index is 833. The summed E-state index contributed by atoms with van der Waals surface area (Å²) in [5.74, 6) is -1.36. The predicted octanol–water partition coefficient (Wildman–Crippen LogP) is 1.76. The number of likely N-dealkylation sites (tertiary alicyclic amines) is 1. The van der Waals surface area contributed by atoms with E-state index in [0.29, 0.717) is 12.8 Å². The SMILES string of the molecule is CCN1C[C@]2(C)CC[C@H](OC)[C@]34C1[C@H]([C@@H](OC(C)=O)[C@H]23)[C@@]1(O)CC[C@@H]2C[C@@H]4[C@@H]1C(=O)O2. The summed E-state index contributed by atoms with van der Waals surface area (Å²) < 4.78 is 18.2. The van der Waals surface area contributed by atoms with Gasteiger partial charge in [0.1, 0.15) is 12.2 Å². The lowest BCUT2D eigenvalue weighted by molar-refractivity contribution is -0.269. The van der Waals surface area contributed by atoms with E-state index in [1.54, 1.807) is 7.11 Å². The molecule has 0 aromatic carbocycles. The smallest absolute Gasteiger partial charge is 0.312 e. The van der Waals surface area contributed by atoms with Crippen molar-refractivity contribution in [2.75, 3.05) is 20.2 Å². The summed E-state index contributed by atoms with van der Waals surface area (Å²) in [5.41, 5.74) is -1.58. The fourth-order valence-corrected chi connectivity index (χ4v) is 9.93. The summed E-state index contributed by atoms with van der Waals surface area (Å²) in [5, 5.41) is 12.4. The second kappa shape index (κ2) is 6.23. The highest BCUT2D eigenvalue weighted by Gasteiger charge is 2.85. The van der Waals surface area contributed by atoms with Crippen LogP contribution in [0.15, 0.2) is 0 Å². The van der Waals surface area contributed by atoms with Crippen LogP contribution in [0, 0.1) is 34.5 Å². The molecule has 7 fully saturated rings. The van der Waals surface area contributed by atoms with Gasteiger partial charge >= 0.3 is 11.9 Å². The van der Waals surface area contributed by atoms with Crippen LogP contribution in [0.3, 0.4) is 0 Å². The quantitative estimate of drug-likeness (QED) is 0.679. The Labute approximate surface area is 183 Å². The Morgan fingerprint density at radius 1 is 1.32 bits per heavy atom. The number of esters is 2. The normalized spacial score (nSPS) is 56.7. The summed E-state index contributed by atoms with van der Waals surface area (Å²) in [6.07, 6.45) is 3.36. The Balaban J connectivity index is 1.66. The van der Waals surface area contributed by atoms with Crippen LogP contribution in [0.4, 0.5) is 0 Å². The molecule has 3 saturated heterocycles. The van der Waals surface area contributed by atoms with Crippen LogP contribution in [0.25, 0.3) is 0 Å². The zero-order valence-corrected chi connectivity index (χ0v) is 19.0. The van der Waals surface area contributed by atoms with Crippen molar-refractivity contribution in [3.8, 4) is 0 Å². The molecule has 172 valence electrons. The number of methoxy groups -OCH3 is 1. The van der Waals surface area contributed by atoms with Crippen molar-refractivity contribution in [3.05, 3.63) is 0 Å². The van der Waals surface area contributed by atoms with Gasteiger partial charge in [0.15, 0.2) is 0 Å². The van der Waals surface area contributed by atoms with E-state index >= 15 is 0 Å². The topological polar surface area (TPSA) is 85.3 Å². The lowest BCUT2D eigenvalue weighted by Gasteiger charge is -2.69. The number of carbonyl (C=O) groups excluding carboxylic acids is 2. The lowest BCUT2D eigenvalue weighted by atomic mass is 9.42. The molecule has 3 aliphatic heterocycles. The average Bonchev–Trinajstić information content (AvgIpc) is 2.77. The van der Waals surface area contributed by atoms with Gasteiger partial charge in [0.05, 0.1) is 17.6 Å². The molecule has 11 atom stereocenters. The predicted molar refractivity (Wildman–Crippen MR) is 110 cm³/mol.